The molecule has 0 radical (unpaired) electrons. The molecule has 0 saturated carbocycles. The van der Waals surface area contributed by atoms with Gasteiger partial charge in [0.1, 0.15) is 0 Å². The van der Waals surface area contributed by atoms with Crippen molar-refractivity contribution in [2.24, 2.45) is 0 Å². The number of hydrogen-bond acceptors (Lipinski definition) is 4. The Kier molecular flexibility index (Phi) is 4.38. The van der Waals surface area contributed by atoms with Crippen molar-refractivity contribution in [3.05, 3.63) is 63.6 Å². The first-order valence-corrected chi connectivity index (χ1v) is 9.28. The quantitative estimate of drug-likeness (QED) is 0.759. The zero-order valence-corrected chi connectivity index (χ0v) is 14.9. The summed E-state index contributed by atoms with van der Waals surface area (Å²) in [6, 6.07) is 12.1. The summed E-state index contributed by atoms with van der Waals surface area (Å²) in [7, 11) is 0. The van der Waals surface area contributed by atoms with Gasteiger partial charge in [0, 0.05) is 28.9 Å². The second kappa shape index (κ2) is 6.82. The fourth-order valence-electron chi connectivity index (χ4n) is 3.19. The van der Waals surface area contributed by atoms with Gasteiger partial charge < -0.3 is 10.6 Å². The summed E-state index contributed by atoms with van der Waals surface area (Å²) in [6.45, 7) is 5.16. The number of benzene rings is 1. The van der Waals surface area contributed by atoms with Crippen molar-refractivity contribution >= 4 is 17.2 Å². The monoisotopic (exact) mass is 352 g/mol. The highest BCUT2D eigenvalue weighted by Crippen LogP contribution is 2.32. The molecule has 5 nitrogen and oxygen atoms in total. The van der Waals surface area contributed by atoms with Crippen molar-refractivity contribution in [2.45, 2.75) is 26.6 Å². The summed E-state index contributed by atoms with van der Waals surface area (Å²) >= 11 is 1.61. The molecule has 0 unspecified atom stereocenters. The van der Waals surface area contributed by atoms with Crippen LogP contribution in [0.4, 0.5) is 0 Å². The zero-order valence-electron chi connectivity index (χ0n) is 14.1. The molecule has 1 aliphatic heterocycles. The van der Waals surface area contributed by atoms with Crippen LogP contribution in [0.3, 0.4) is 0 Å². The third-order valence-corrected chi connectivity index (χ3v) is 5.34. The first kappa shape index (κ1) is 16.1. The number of carbonyl (C=O) groups excluding carboxylic acids is 1. The van der Waals surface area contributed by atoms with Crippen LogP contribution in [-0.4, -0.2) is 22.2 Å². The highest BCUT2D eigenvalue weighted by Gasteiger charge is 2.18. The maximum absolute atomic E-state index is 12.7. The molecule has 128 valence electrons. The van der Waals surface area contributed by atoms with Crippen LogP contribution in [0, 0.1) is 6.92 Å². The first-order valence-electron chi connectivity index (χ1n) is 8.40. The standard InChI is InChI=1S/C19H20N4OS/c1-13-18(14-5-3-2-4-6-14)17(12-25-13)19(24)21-10-15-9-16-11-20-7-8-23(16)22-15/h2-6,9,12,20H,7-8,10-11H2,1H3,(H,21,24). The number of carbonyl (C=O) groups is 1. The van der Waals surface area contributed by atoms with Crippen molar-refractivity contribution in [2.75, 3.05) is 6.54 Å². The van der Waals surface area contributed by atoms with Gasteiger partial charge in [0.15, 0.2) is 0 Å². The molecular weight excluding hydrogens is 332 g/mol. The second-order valence-electron chi connectivity index (χ2n) is 6.16. The molecule has 0 spiro atoms. The molecule has 2 N–H and O–H groups in total. The summed E-state index contributed by atoms with van der Waals surface area (Å²) < 4.78 is 2.02. The lowest BCUT2D eigenvalue weighted by Gasteiger charge is -2.13. The van der Waals surface area contributed by atoms with E-state index in [4.69, 9.17) is 0 Å². The van der Waals surface area contributed by atoms with Crippen LogP contribution in [0.25, 0.3) is 11.1 Å². The summed E-state index contributed by atoms with van der Waals surface area (Å²) in [6.07, 6.45) is 0. The van der Waals surface area contributed by atoms with E-state index < -0.39 is 0 Å². The predicted molar refractivity (Wildman–Crippen MR) is 99.6 cm³/mol. The lowest BCUT2D eigenvalue weighted by atomic mass is 10.0. The van der Waals surface area contributed by atoms with E-state index in [9.17, 15) is 4.79 Å². The number of hydrogen-bond donors (Lipinski definition) is 2. The smallest absolute Gasteiger partial charge is 0.253 e. The van der Waals surface area contributed by atoms with Crippen molar-refractivity contribution in [1.29, 1.82) is 0 Å². The van der Waals surface area contributed by atoms with Crippen molar-refractivity contribution < 1.29 is 4.79 Å². The van der Waals surface area contributed by atoms with Crippen LogP contribution < -0.4 is 10.6 Å². The third kappa shape index (κ3) is 3.23. The molecule has 3 aromatic rings. The van der Waals surface area contributed by atoms with E-state index in [1.54, 1.807) is 11.3 Å². The molecule has 3 heterocycles. The number of aromatic nitrogens is 2. The molecule has 0 saturated heterocycles. The van der Waals surface area contributed by atoms with Gasteiger partial charge in [0.25, 0.3) is 5.91 Å². The topological polar surface area (TPSA) is 59.0 Å². The average molecular weight is 352 g/mol. The van der Waals surface area contributed by atoms with E-state index in [0.717, 1.165) is 46.9 Å². The first-order chi connectivity index (χ1) is 12.2. The Morgan fingerprint density at radius 3 is 3.00 bits per heavy atom. The maximum Gasteiger partial charge on any atom is 0.253 e. The van der Waals surface area contributed by atoms with Crippen LogP contribution in [0.1, 0.15) is 26.6 Å². The molecule has 0 atom stereocenters. The van der Waals surface area contributed by atoms with Crippen LogP contribution in [0.2, 0.25) is 0 Å². The van der Waals surface area contributed by atoms with Gasteiger partial charge in [-0.1, -0.05) is 30.3 Å². The number of nitrogens with zero attached hydrogens (tertiary/aromatic N) is 2. The number of aryl methyl sites for hydroxylation is 1. The minimum Gasteiger partial charge on any atom is -0.346 e. The molecule has 25 heavy (non-hydrogen) atoms. The van der Waals surface area contributed by atoms with Gasteiger partial charge in [-0.25, -0.2) is 0 Å². The summed E-state index contributed by atoms with van der Waals surface area (Å²) in [5.41, 5.74) is 4.91. The number of amides is 1. The molecule has 0 fully saturated rings. The molecule has 0 bridgehead atoms. The minimum absolute atomic E-state index is 0.0488. The lowest BCUT2D eigenvalue weighted by molar-refractivity contribution is 0.0951. The highest BCUT2D eigenvalue weighted by atomic mass is 32.1. The van der Waals surface area contributed by atoms with Gasteiger partial charge >= 0.3 is 0 Å². The summed E-state index contributed by atoms with van der Waals surface area (Å²) in [4.78, 5) is 13.9. The second-order valence-corrected chi connectivity index (χ2v) is 7.24. The van der Waals surface area contributed by atoms with Gasteiger partial charge in [-0.15, -0.1) is 11.3 Å². The van der Waals surface area contributed by atoms with E-state index >= 15 is 0 Å². The summed E-state index contributed by atoms with van der Waals surface area (Å²) in [5, 5.41) is 12.9. The summed E-state index contributed by atoms with van der Waals surface area (Å²) in [5.74, 6) is -0.0488. The van der Waals surface area contributed by atoms with E-state index in [1.807, 2.05) is 40.4 Å². The molecule has 1 aromatic carbocycles. The molecule has 1 aliphatic rings. The molecule has 2 aromatic heterocycles. The van der Waals surface area contributed by atoms with E-state index in [0.29, 0.717) is 6.54 Å². The van der Waals surface area contributed by atoms with Crippen LogP contribution in [0.15, 0.2) is 41.8 Å². The van der Waals surface area contributed by atoms with E-state index in [1.165, 1.54) is 5.69 Å². The van der Waals surface area contributed by atoms with Crippen molar-refractivity contribution in [3.63, 3.8) is 0 Å². The highest BCUT2D eigenvalue weighted by molar-refractivity contribution is 7.10. The van der Waals surface area contributed by atoms with Gasteiger partial charge in [-0.3, -0.25) is 9.48 Å². The number of rotatable bonds is 4. The SMILES string of the molecule is Cc1scc(C(=O)NCc2cc3n(n2)CCNC3)c1-c1ccccc1. The van der Waals surface area contributed by atoms with Gasteiger partial charge in [0.2, 0.25) is 0 Å². The van der Waals surface area contributed by atoms with Crippen LogP contribution in [0.5, 0.6) is 0 Å². The normalized spacial score (nSPS) is 13.5. The Hall–Kier alpha value is -2.44. The van der Waals surface area contributed by atoms with Gasteiger partial charge in [-0.05, 0) is 18.6 Å². The largest absolute Gasteiger partial charge is 0.346 e. The third-order valence-electron chi connectivity index (χ3n) is 4.43. The molecule has 0 aliphatic carbocycles. The van der Waals surface area contributed by atoms with Crippen LogP contribution >= 0.6 is 11.3 Å². The van der Waals surface area contributed by atoms with Crippen molar-refractivity contribution in [3.8, 4) is 11.1 Å². The lowest BCUT2D eigenvalue weighted by Crippen LogP contribution is -2.28. The molecule has 6 heteroatoms. The van der Waals surface area contributed by atoms with Gasteiger partial charge in [0.05, 0.1) is 30.0 Å². The number of fused-ring (bicyclic) bond motifs is 1. The fourth-order valence-corrected chi connectivity index (χ4v) is 4.06. The molecular formula is C19H20N4OS. The predicted octanol–water partition coefficient (Wildman–Crippen LogP) is 2.95. The Morgan fingerprint density at radius 1 is 1.36 bits per heavy atom. The minimum atomic E-state index is -0.0488. The fraction of sp³-hybridized carbons (Fsp3) is 0.263. The Labute approximate surface area is 150 Å². The van der Waals surface area contributed by atoms with Gasteiger partial charge in [-0.2, -0.15) is 5.10 Å². The Balaban J connectivity index is 1.51. The van der Waals surface area contributed by atoms with Crippen LogP contribution in [-0.2, 0) is 19.6 Å². The van der Waals surface area contributed by atoms with Crippen molar-refractivity contribution in [1.82, 2.24) is 20.4 Å². The molecule has 1 amide bonds. The molecule has 4 rings (SSSR count). The van der Waals surface area contributed by atoms with E-state index in [2.05, 4.69) is 28.7 Å². The maximum atomic E-state index is 12.7. The Morgan fingerprint density at radius 2 is 2.20 bits per heavy atom. The average Bonchev–Trinajstić information content (AvgIpc) is 3.23. The number of thiophene rings is 1. The van der Waals surface area contributed by atoms with E-state index in [-0.39, 0.29) is 5.91 Å². The Bertz CT molecular complexity index is 874. The number of nitrogens with one attached hydrogen (secondary N) is 2. The zero-order chi connectivity index (χ0) is 17.2.